The molecule has 0 unspecified atom stereocenters. The van der Waals surface area contributed by atoms with E-state index in [4.69, 9.17) is 0 Å². The number of sulfonamides is 1. The van der Waals surface area contributed by atoms with Gasteiger partial charge in [-0.25, -0.2) is 8.42 Å². The van der Waals surface area contributed by atoms with Crippen LogP contribution in [-0.2, 0) is 14.8 Å². The zero-order chi connectivity index (χ0) is 23.3. The standard InChI is InChI=1S/C24H31N3O4S/c1-17-12-18(2)14-20(13-17)24(29)25-16-23(28)26-21-9-8-19(3)22(15-21)32(30,31)27-10-6-4-5-7-11-27/h8-9,12-15H,4-7,10-11,16H2,1-3H3,(H,25,29)(H,26,28). The molecule has 172 valence electrons. The van der Waals surface area contributed by atoms with Crippen LogP contribution in [0.15, 0.2) is 41.3 Å². The quantitative estimate of drug-likeness (QED) is 0.694. The average Bonchev–Trinajstić information content (AvgIpc) is 3.03. The summed E-state index contributed by atoms with van der Waals surface area (Å²) in [5, 5.41) is 5.30. The minimum absolute atomic E-state index is 0.205. The van der Waals surface area contributed by atoms with Gasteiger partial charge >= 0.3 is 0 Å². The predicted molar refractivity (Wildman–Crippen MR) is 125 cm³/mol. The number of benzene rings is 2. The number of amides is 2. The summed E-state index contributed by atoms with van der Waals surface area (Å²) in [6, 6.07) is 10.4. The average molecular weight is 458 g/mol. The van der Waals surface area contributed by atoms with Crippen molar-refractivity contribution >= 4 is 27.5 Å². The highest BCUT2D eigenvalue weighted by atomic mass is 32.2. The molecule has 0 bridgehead atoms. The van der Waals surface area contributed by atoms with Crippen LogP contribution in [0.5, 0.6) is 0 Å². The van der Waals surface area contributed by atoms with Crippen molar-refractivity contribution in [1.29, 1.82) is 0 Å². The van der Waals surface area contributed by atoms with E-state index in [2.05, 4.69) is 10.6 Å². The highest BCUT2D eigenvalue weighted by Crippen LogP contribution is 2.25. The number of anilines is 1. The van der Waals surface area contributed by atoms with Gasteiger partial charge in [0.15, 0.2) is 0 Å². The van der Waals surface area contributed by atoms with E-state index >= 15 is 0 Å². The van der Waals surface area contributed by atoms with E-state index in [1.54, 1.807) is 31.2 Å². The van der Waals surface area contributed by atoms with Gasteiger partial charge in [0.05, 0.1) is 11.4 Å². The van der Waals surface area contributed by atoms with Crippen LogP contribution in [0.1, 0.15) is 52.7 Å². The highest BCUT2D eigenvalue weighted by molar-refractivity contribution is 7.89. The Morgan fingerprint density at radius 1 is 0.906 bits per heavy atom. The maximum Gasteiger partial charge on any atom is 0.251 e. The molecule has 0 saturated carbocycles. The third kappa shape index (κ3) is 5.95. The van der Waals surface area contributed by atoms with Crippen LogP contribution in [0.4, 0.5) is 5.69 Å². The Morgan fingerprint density at radius 2 is 1.53 bits per heavy atom. The van der Waals surface area contributed by atoms with Crippen molar-refractivity contribution in [3.63, 3.8) is 0 Å². The fraction of sp³-hybridized carbons (Fsp3) is 0.417. The highest BCUT2D eigenvalue weighted by Gasteiger charge is 2.27. The molecule has 1 saturated heterocycles. The van der Waals surface area contributed by atoms with Gasteiger partial charge in [0, 0.05) is 24.3 Å². The van der Waals surface area contributed by atoms with Crippen LogP contribution in [0.3, 0.4) is 0 Å². The molecule has 2 aromatic rings. The van der Waals surface area contributed by atoms with E-state index in [1.807, 2.05) is 19.9 Å². The number of nitrogens with zero attached hydrogens (tertiary/aromatic N) is 1. The number of nitrogens with one attached hydrogen (secondary N) is 2. The molecule has 1 fully saturated rings. The molecule has 1 heterocycles. The van der Waals surface area contributed by atoms with Crippen LogP contribution in [0.2, 0.25) is 0 Å². The van der Waals surface area contributed by atoms with E-state index < -0.39 is 15.9 Å². The van der Waals surface area contributed by atoms with Crippen molar-refractivity contribution in [1.82, 2.24) is 9.62 Å². The fourth-order valence-corrected chi connectivity index (χ4v) is 5.72. The maximum absolute atomic E-state index is 13.2. The van der Waals surface area contributed by atoms with E-state index in [0.29, 0.717) is 29.9 Å². The van der Waals surface area contributed by atoms with Gasteiger partial charge in [-0.3, -0.25) is 9.59 Å². The van der Waals surface area contributed by atoms with Gasteiger partial charge in [-0.05, 0) is 63.4 Å². The second-order valence-corrected chi connectivity index (χ2v) is 10.3. The number of aryl methyl sites for hydroxylation is 3. The van der Waals surface area contributed by atoms with Crippen LogP contribution in [-0.4, -0.2) is 44.2 Å². The topological polar surface area (TPSA) is 95.6 Å². The van der Waals surface area contributed by atoms with Crippen molar-refractivity contribution in [2.45, 2.75) is 51.3 Å². The largest absolute Gasteiger partial charge is 0.343 e. The molecule has 2 amide bonds. The molecule has 1 aliphatic rings. The summed E-state index contributed by atoms with van der Waals surface area (Å²) in [6.45, 7) is 6.39. The lowest BCUT2D eigenvalue weighted by Crippen LogP contribution is -2.33. The molecule has 0 spiro atoms. The molecule has 0 aromatic heterocycles. The third-order valence-corrected chi connectivity index (χ3v) is 7.59. The van der Waals surface area contributed by atoms with Gasteiger partial charge < -0.3 is 10.6 Å². The third-order valence-electron chi connectivity index (χ3n) is 5.55. The van der Waals surface area contributed by atoms with Gasteiger partial charge in [-0.2, -0.15) is 4.31 Å². The smallest absolute Gasteiger partial charge is 0.251 e. The van der Waals surface area contributed by atoms with E-state index in [1.165, 1.54) is 10.4 Å². The zero-order valence-electron chi connectivity index (χ0n) is 18.9. The second-order valence-electron chi connectivity index (χ2n) is 8.41. The number of hydrogen-bond donors (Lipinski definition) is 2. The summed E-state index contributed by atoms with van der Waals surface area (Å²) in [6.07, 6.45) is 3.79. The first kappa shape index (κ1) is 23.9. The number of carbonyl (C=O) groups excluding carboxylic acids is 2. The SMILES string of the molecule is Cc1cc(C)cc(C(=O)NCC(=O)Nc2ccc(C)c(S(=O)(=O)N3CCCCCC3)c2)c1. The van der Waals surface area contributed by atoms with Crippen molar-refractivity contribution in [3.8, 4) is 0 Å². The monoisotopic (exact) mass is 457 g/mol. The van der Waals surface area contributed by atoms with Crippen molar-refractivity contribution in [2.75, 3.05) is 25.0 Å². The molecule has 3 rings (SSSR count). The Kier molecular flexibility index (Phi) is 7.69. The Balaban J connectivity index is 1.67. The molecule has 32 heavy (non-hydrogen) atoms. The van der Waals surface area contributed by atoms with Gasteiger partial charge in [-0.1, -0.05) is 36.1 Å². The summed E-state index contributed by atoms with van der Waals surface area (Å²) >= 11 is 0. The van der Waals surface area contributed by atoms with Gasteiger partial charge in [0.25, 0.3) is 5.91 Å². The molecule has 2 aromatic carbocycles. The Labute approximate surface area is 190 Å². The van der Waals surface area contributed by atoms with Gasteiger partial charge in [0.1, 0.15) is 0 Å². The van der Waals surface area contributed by atoms with Crippen molar-refractivity contribution < 1.29 is 18.0 Å². The van der Waals surface area contributed by atoms with Gasteiger partial charge in [0.2, 0.25) is 15.9 Å². The lowest BCUT2D eigenvalue weighted by Gasteiger charge is -2.21. The lowest BCUT2D eigenvalue weighted by molar-refractivity contribution is -0.115. The van der Waals surface area contributed by atoms with Crippen molar-refractivity contribution in [3.05, 3.63) is 58.7 Å². The van der Waals surface area contributed by atoms with Crippen molar-refractivity contribution in [2.24, 2.45) is 0 Å². The number of hydrogen-bond acceptors (Lipinski definition) is 4. The maximum atomic E-state index is 13.2. The molecule has 2 N–H and O–H groups in total. The first-order chi connectivity index (χ1) is 15.2. The predicted octanol–water partition coefficient (Wildman–Crippen LogP) is 3.55. The zero-order valence-corrected chi connectivity index (χ0v) is 19.7. The summed E-state index contributed by atoms with van der Waals surface area (Å²) < 4.78 is 27.9. The first-order valence-corrected chi connectivity index (χ1v) is 12.4. The van der Waals surface area contributed by atoms with Crippen LogP contribution in [0.25, 0.3) is 0 Å². The van der Waals surface area contributed by atoms with Crippen LogP contribution >= 0.6 is 0 Å². The lowest BCUT2D eigenvalue weighted by atomic mass is 10.1. The number of rotatable bonds is 6. The molecular weight excluding hydrogens is 426 g/mol. The Morgan fingerprint density at radius 3 is 2.16 bits per heavy atom. The summed E-state index contributed by atoms with van der Waals surface area (Å²) in [7, 11) is -3.63. The minimum atomic E-state index is -3.63. The van der Waals surface area contributed by atoms with Gasteiger partial charge in [-0.15, -0.1) is 0 Å². The second kappa shape index (κ2) is 10.3. The van der Waals surface area contributed by atoms with Crippen LogP contribution in [0, 0.1) is 20.8 Å². The normalized spacial score (nSPS) is 15.1. The molecule has 0 radical (unpaired) electrons. The molecule has 0 aliphatic carbocycles. The van der Waals surface area contributed by atoms with E-state index in [0.717, 1.165) is 36.8 Å². The molecule has 1 aliphatic heterocycles. The van der Waals surface area contributed by atoms with Crippen LogP contribution < -0.4 is 10.6 Å². The summed E-state index contributed by atoms with van der Waals surface area (Å²) in [5.74, 6) is -0.759. The Bertz CT molecular complexity index is 1080. The summed E-state index contributed by atoms with van der Waals surface area (Å²) in [5.41, 5.74) is 3.45. The van der Waals surface area contributed by atoms with E-state index in [-0.39, 0.29) is 17.3 Å². The first-order valence-electron chi connectivity index (χ1n) is 10.9. The van der Waals surface area contributed by atoms with E-state index in [9.17, 15) is 18.0 Å². The molecular formula is C24H31N3O4S. The minimum Gasteiger partial charge on any atom is -0.343 e. The Hall–Kier alpha value is -2.71. The molecule has 7 nitrogen and oxygen atoms in total. The fourth-order valence-electron chi connectivity index (χ4n) is 3.95. The molecule has 8 heteroatoms. The number of carbonyl (C=O) groups is 2. The summed E-state index contributed by atoms with van der Waals surface area (Å²) in [4.78, 5) is 25.0. The molecule has 0 atom stereocenters.